The molecule has 0 saturated heterocycles. The number of aliphatic carboxylic acids is 2. The molecule has 6 N–H and O–H groups in total. The fourth-order valence-corrected chi connectivity index (χ4v) is 6.51. The molecule has 0 fully saturated rings. The van der Waals surface area contributed by atoms with Crippen LogP contribution in [0.25, 0.3) is 6.08 Å². The molecule has 0 aromatic carbocycles. The Bertz CT molecular complexity index is 1600. The summed E-state index contributed by atoms with van der Waals surface area (Å²) in [5.41, 5.74) is 9.41. The molecule has 10 nitrogen and oxygen atoms in total. The highest BCUT2D eigenvalue weighted by Gasteiger charge is 2.32. The quantitative estimate of drug-likeness (QED) is 0.174. The van der Waals surface area contributed by atoms with E-state index in [1.165, 1.54) is 0 Å². The van der Waals surface area contributed by atoms with Gasteiger partial charge in [0.1, 0.15) is 0 Å². The summed E-state index contributed by atoms with van der Waals surface area (Å²) in [6.07, 6.45) is 6.34. The number of amides is 2. The van der Waals surface area contributed by atoms with Crippen LogP contribution in [-0.2, 0) is 32.0 Å². The summed E-state index contributed by atoms with van der Waals surface area (Å²) in [4.78, 5) is 51.4. The van der Waals surface area contributed by atoms with Gasteiger partial charge in [-0.15, -0.1) is 0 Å². The minimum absolute atomic E-state index is 0.0625. The maximum atomic E-state index is 12.5. The molecule has 4 rings (SSSR count). The molecule has 0 radical (unpaired) electrons. The van der Waals surface area contributed by atoms with Crippen LogP contribution in [0, 0.1) is 6.92 Å². The predicted octanol–water partition coefficient (Wildman–Crippen LogP) is 4.03. The van der Waals surface area contributed by atoms with E-state index in [0.717, 1.165) is 50.5 Å². The number of thiol groups is 1. The molecule has 3 atom stereocenters. The number of carboxylic acids is 2. The number of hydrogen-bond donors (Lipinski definition) is 7. The number of aromatic nitrogens is 1. The Balaban J connectivity index is 1.75. The van der Waals surface area contributed by atoms with Crippen LogP contribution >= 0.6 is 12.6 Å². The molecule has 0 aliphatic carbocycles. The molecule has 1 aromatic heterocycles. The second-order valence-corrected chi connectivity index (χ2v) is 12.3. The summed E-state index contributed by atoms with van der Waals surface area (Å²) < 4.78 is 0. The zero-order valence-electron chi connectivity index (χ0n) is 25.7. The van der Waals surface area contributed by atoms with Crippen molar-refractivity contribution in [2.24, 2.45) is 0 Å². The van der Waals surface area contributed by atoms with Crippen molar-refractivity contribution >= 4 is 42.5 Å². The van der Waals surface area contributed by atoms with Crippen molar-refractivity contribution in [3.8, 4) is 0 Å². The molecule has 0 bridgehead atoms. The fraction of sp³-hybridized carbons (Fsp3) is 0.394. The standard InChI is InChI=1S/C33H40N4O6S/c1-7-20-15(2)25(36-33(20)43)12-23-16(3)21(8-10-29(38)39)26(34-23)14-27-22(9-11-30(40)41)17(4)24(35-27)13-28-31(19(6)44)18(5)32(42)37-28/h7,13-14,19,24-25,34-35,44H,1,8-12H2,2-6H3,(H,36,43)(H,37,42)(H,38,39)(H,40,41)/b27-14-,28-13-/t19-,24?,25+/m0/s1. The Morgan fingerprint density at radius 2 is 1.64 bits per heavy atom. The number of nitrogens with one attached hydrogen (secondary N) is 4. The van der Waals surface area contributed by atoms with Gasteiger partial charge in [0.2, 0.25) is 0 Å². The fourth-order valence-electron chi connectivity index (χ4n) is 6.18. The maximum Gasteiger partial charge on any atom is 0.303 e. The maximum absolute atomic E-state index is 12.5. The molecular weight excluding hydrogens is 580 g/mol. The number of carbonyl (C=O) groups excluding carboxylic acids is 2. The first kappa shape index (κ1) is 32.7. The predicted molar refractivity (Wildman–Crippen MR) is 172 cm³/mol. The Morgan fingerprint density at radius 1 is 0.977 bits per heavy atom. The number of carbonyl (C=O) groups is 4. The molecule has 4 heterocycles. The lowest BCUT2D eigenvalue weighted by Crippen LogP contribution is -2.30. The summed E-state index contributed by atoms with van der Waals surface area (Å²) in [7, 11) is 0. The molecule has 44 heavy (non-hydrogen) atoms. The van der Waals surface area contributed by atoms with Gasteiger partial charge in [0.15, 0.2) is 0 Å². The van der Waals surface area contributed by atoms with E-state index in [9.17, 15) is 29.4 Å². The van der Waals surface area contributed by atoms with Crippen molar-refractivity contribution in [3.05, 3.63) is 86.1 Å². The van der Waals surface area contributed by atoms with E-state index < -0.39 is 11.9 Å². The average Bonchev–Trinajstić information content (AvgIpc) is 3.59. The van der Waals surface area contributed by atoms with Crippen LogP contribution in [0.2, 0.25) is 0 Å². The normalized spacial score (nSPS) is 22.7. The smallest absolute Gasteiger partial charge is 0.303 e. The molecule has 0 spiro atoms. The van der Waals surface area contributed by atoms with Crippen LogP contribution in [0.3, 0.4) is 0 Å². The largest absolute Gasteiger partial charge is 0.481 e. The summed E-state index contributed by atoms with van der Waals surface area (Å²) in [5.74, 6) is -2.17. The van der Waals surface area contributed by atoms with Gasteiger partial charge in [-0.05, 0) is 93.0 Å². The molecule has 11 heteroatoms. The molecule has 3 aliphatic rings. The van der Waals surface area contributed by atoms with Gasteiger partial charge in [0.25, 0.3) is 11.8 Å². The van der Waals surface area contributed by atoms with Crippen LogP contribution in [0.1, 0.15) is 69.5 Å². The molecule has 3 aliphatic heterocycles. The van der Waals surface area contributed by atoms with Crippen molar-refractivity contribution < 1.29 is 29.4 Å². The van der Waals surface area contributed by atoms with Gasteiger partial charge >= 0.3 is 11.9 Å². The van der Waals surface area contributed by atoms with E-state index in [4.69, 9.17) is 0 Å². The Hall–Kier alpha value is -4.25. The van der Waals surface area contributed by atoms with Gasteiger partial charge in [-0.25, -0.2) is 0 Å². The van der Waals surface area contributed by atoms with E-state index in [0.29, 0.717) is 29.7 Å². The first-order valence-corrected chi connectivity index (χ1v) is 15.1. The summed E-state index contributed by atoms with van der Waals surface area (Å²) in [5, 5.41) is 28.2. The van der Waals surface area contributed by atoms with Crippen molar-refractivity contribution in [3.63, 3.8) is 0 Å². The molecular formula is C33H40N4O6S. The van der Waals surface area contributed by atoms with Crippen LogP contribution in [0.4, 0.5) is 0 Å². The monoisotopic (exact) mass is 620 g/mol. The van der Waals surface area contributed by atoms with Crippen molar-refractivity contribution in [1.29, 1.82) is 0 Å². The third-order valence-corrected chi connectivity index (χ3v) is 8.96. The lowest BCUT2D eigenvalue weighted by atomic mass is 9.97. The van der Waals surface area contributed by atoms with Gasteiger partial charge < -0.3 is 31.1 Å². The van der Waals surface area contributed by atoms with Crippen LogP contribution in [0.5, 0.6) is 0 Å². The molecule has 1 unspecified atom stereocenters. The topological polar surface area (TPSA) is 161 Å². The van der Waals surface area contributed by atoms with Crippen LogP contribution in [-0.4, -0.2) is 56.3 Å². The van der Waals surface area contributed by atoms with E-state index in [1.54, 1.807) is 13.0 Å². The summed E-state index contributed by atoms with van der Waals surface area (Å²) in [6.45, 7) is 13.2. The van der Waals surface area contributed by atoms with E-state index >= 15 is 0 Å². The van der Waals surface area contributed by atoms with Gasteiger partial charge in [-0.2, -0.15) is 12.6 Å². The third kappa shape index (κ3) is 6.62. The summed E-state index contributed by atoms with van der Waals surface area (Å²) in [6, 6.07) is -0.541. The first-order valence-electron chi connectivity index (χ1n) is 14.6. The minimum Gasteiger partial charge on any atom is -0.481 e. The molecule has 2 amide bonds. The second-order valence-electron chi connectivity index (χ2n) is 11.5. The van der Waals surface area contributed by atoms with Gasteiger partial charge in [-0.1, -0.05) is 12.7 Å². The van der Waals surface area contributed by atoms with Crippen LogP contribution < -0.4 is 16.0 Å². The molecule has 234 valence electrons. The Kier molecular flexibility index (Phi) is 9.78. The number of allylic oxidation sites excluding steroid dienone is 2. The van der Waals surface area contributed by atoms with Gasteiger partial charge in [-0.3, -0.25) is 19.2 Å². The third-order valence-electron chi connectivity index (χ3n) is 8.70. The lowest BCUT2D eigenvalue weighted by molar-refractivity contribution is -0.138. The van der Waals surface area contributed by atoms with E-state index in [2.05, 4.69) is 40.1 Å². The first-order chi connectivity index (χ1) is 20.7. The lowest BCUT2D eigenvalue weighted by Gasteiger charge is -2.14. The number of rotatable bonds is 12. The second kappa shape index (κ2) is 13.2. The minimum atomic E-state index is -0.916. The Morgan fingerprint density at radius 3 is 2.23 bits per heavy atom. The van der Waals surface area contributed by atoms with Gasteiger partial charge in [0, 0.05) is 58.4 Å². The van der Waals surface area contributed by atoms with Crippen molar-refractivity contribution in [2.45, 2.75) is 84.1 Å². The highest BCUT2D eigenvalue weighted by molar-refractivity contribution is 7.81. The number of H-pyrrole nitrogens is 1. The zero-order valence-corrected chi connectivity index (χ0v) is 26.6. The number of aromatic amines is 1. The number of carboxylic acid groups (broad SMARTS) is 2. The zero-order chi connectivity index (χ0) is 32.5. The number of hydrogen-bond acceptors (Lipinski definition) is 6. The van der Waals surface area contributed by atoms with E-state index in [1.807, 2.05) is 39.8 Å². The highest BCUT2D eigenvalue weighted by Crippen LogP contribution is 2.35. The molecule has 1 aromatic rings. The highest BCUT2D eigenvalue weighted by atomic mass is 32.1. The van der Waals surface area contributed by atoms with Crippen LogP contribution in [0.15, 0.2) is 63.6 Å². The van der Waals surface area contributed by atoms with Crippen molar-refractivity contribution in [2.75, 3.05) is 0 Å². The SMILES string of the molecule is C=CC1=C(C)[C@@H](Cc2[nH]c(/C=C3\NC(/C=C4\NC(=O)C(C)=C4[C@H](C)S)C(C)=C3CCC(=O)O)c(CCC(=O)O)c2C)NC1=O. The van der Waals surface area contributed by atoms with E-state index in [-0.39, 0.29) is 48.4 Å². The summed E-state index contributed by atoms with van der Waals surface area (Å²) >= 11 is 4.57. The average molecular weight is 621 g/mol. The Labute approximate surface area is 262 Å². The van der Waals surface area contributed by atoms with Crippen molar-refractivity contribution in [1.82, 2.24) is 20.9 Å². The van der Waals surface area contributed by atoms with Gasteiger partial charge in [0.05, 0.1) is 12.1 Å². The molecule has 0 saturated carbocycles.